The first kappa shape index (κ1) is 16.4. The smallest absolute Gasteiger partial charge is 0.223 e. The molecule has 1 aliphatic rings. The predicted molar refractivity (Wildman–Crippen MR) is 96.5 cm³/mol. The molecule has 0 saturated carbocycles. The zero-order chi connectivity index (χ0) is 17.9. The predicted octanol–water partition coefficient (Wildman–Crippen LogP) is 1.36. The number of pyridine rings is 1. The van der Waals surface area contributed by atoms with Crippen molar-refractivity contribution in [2.45, 2.75) is 26.3 Å². The van der Waals surface area contributed by atoms with E-state index >= 15 is 0 Å². The van der Waals surface area contributed by atoms with E-state index in [0.717, 1.165) is 48.8 Å². The van der Waals surface area contributed by atoms with Crippen molar-refractivity contribution in [3.05, 3.63) is 48.0 Å². The molecule has 0 spiro atoms. The van der Waals surface area contributed by atoms with Crippen molar-refractivity contribution in [3.63, 3.8) is 0 Å². The highest BCUT2D eigenvalue weighted by molar-refractivity contribution is 5.79. The molecule has 0 aliphatic carbocycles. The van der Waals surface area contributed by atoms with Gasteiger partial charge in [0.25, 0.3) is 0 Å². The number of nitrogens with zero attached hydrogens (tertiary/aromatic N) is 6. The van der Waals surface area contributed by atoms with E-state index in [1.54, 1.807) is 16.9 Å². The minimum atomic E-state index is 0.0447. The summed E-state index contributed by atoms with van der Waals surface area (Å²) in [5, 5.41) is 15.7. The Morgan fingerprint density at radius 2 is 2.08 bits per heavy atom. The summed E-state index contributed by atoms with van der Waals surface area (Å²) in [7, 11) is 0. The molecule has 1 saturated heterocycles. The maximum atomic E-state index is 12.4. The highest BCUT2D eigenvalue weighted by atomic mass is 16.1. The molecule has 0 unspecified atom stereocenters. The Labute approximate surface area is 151 Å². The van der Waals surface area contributed by atoms with Crippen LogP contribution in [0, 0.1) is 12.8 Å². The largest absolute Gasteiger partial charge is 0.355 e. The van der Waals surface area contributed by atoms with Crippen LogP contribution in [-0.4, -0.2) is 43.8 Å². The molecule has 0 aromatic carbocycles. The Balaban J connectivity index is 1.34. The average Bonchev–Trinajstić information content (AvgIpc) is 3.07. The lowest BCUT2D eigenvalue weighted by molar-refractivity contribution is -0.125. The second-order valence-electron chi connectivity index (χ2n) is 6.55. The molecule has 1 aliphatic heterocycles. The molecule has 134 valence electrons. The van der Waals surface area contributed by atoms with Crippen LogP contribution in [0.15, 0.2) is 36.7 Å². The molecule has 8 nitrogen and oxygen atoms in total. The lowest BCUT2D eigenvalue weighted by atomic mass is 9.96. The number of rotatable bonds is 4. The van der Waals surface area contributed by atoms with Gasteiger partial charge in [-0.25, -0.2) is 0 Å². The van der Waals surface area contributed by atoms with Crippen LogP contribution in [0.2, 0.25) is 0 Å². The fourth-order valence-corrected chi connectivity index (χ4v) is 3.26. The van der Waals surface area contributed by atoms with Crippen molar-refractivity contribution < 1.29 is 4.79 Å². The molecular formula is C18H21N7O. The number of amides is 1. The van der Waals surface area contributed by atoms with Gasteiger partial charge in [0.05, 0.1) is 0 Å². The molecule has 1 fully saturated rings. The van der Waals surface area contributed by atoms with E-state index in [2.05, 4.69) is 30.5 Å². The van der Waals surface area contributed by atoms with E-state index in [1.165, 1.54) is 0 Å². The number of fused-ring (bicyclic) bond motifs is 1. The zero-order valence-electron chi connectivity index (χ0n) is 14.7. The topological polar surface area (TPSA) is 88.3 Å². The second kappa shape index (κ2) is 7.07. The number of carbonyl (C=O) groups excluding carboxylic acids is 1. The Bertz CT molecular complexity index is 900. The van der Waals surface area contributed by atoms with Crippen LogP contribution in [0.4, 0.5) is 5.82 Å². The molecule has 8 heteroatoms. The Hall–Kier alpha value is -3.03. The van der Waals surface area contributed by atoms with E-state index in [0.29, 0.717) is 6.54 Å². The number of hydrogen-bond acceptors (Lipinski definition) is 6. The van der Waals surface area contributed by atoms with Crippen molar-refractivity contribution in [1.29, 1.82) is 0 Å². The van der Waals surface area contributed by atoms with Gasteiger partial charge in [-0.2, -0.15) is 4.52 Å². The number of carbonyl (C=O) groups is 1. The Kier molecular flexibility index (Phi) is 4.47. The molecule has 0 radical (unpaired) electrons. The van der Waals surface area contributed by atoms with E-state index in [9.17, 15) is 4.79 Å². The van der Waals surface area contributed by atoms with Crippen molar-refractivity contribution >= 4 is 17.4 Å². The monoisotopic (exact) mass is 351 g/mol. The third kappa shape index (κ3) is 3.35. The lowest BCUT2D eigenvalue weighted by Gasteiger charge is -2.32. The maximum Gasteiger partial charge on any atom is 0.223 e. The molecule has 3 aromatic rings. The van der Waals surface area contributed by atoms with Gasteiger partial charge in [0, 0.05) is 37.9 Å². The van der Waals surface area contributed by atoms with Crippen LogP contribution in [0.3, 0.4) is 0 Å². The summed E-state index contributed by atoms with van der Waals surface area (Å²) in [6, 6.07) is 7.73. The first-order valence-electron chi connectivity index (χ1n) is 8.81. The summed E-state index contributed by atoms with van der Waals surface area (Å²) >= 11 is 0. The summed E-state index contributed by atoms with van der Waals surface area (Å²) in [6.45, 7) is 4.03. The van der Waals surface area contributed by atoms with Crippen LogP contribution < -0.4 is 10.2 Å². The van der Waals surface area contributed by atoms with Gasteiger partial charge in [-0.1, -0.05) is 6.07 Å². The highest BCUT2D eigenvalue weighted by Crippen LogP contribution is 2.22. The molecule has 0 bridgehead atoms. The molecule has 26 heavy (non-hydrogen) atoms. The fraction of sp³-hybridized carbons (Fsp3) is 0.389. The quantitative estimate of drug-likeness (QED) is 0.764. The van der Waals surface area contributed by atoms with Crippen LogP contribution in [0.25, 0.3) is 5.65 Å². The lowest BCUT2D eigenvalue weighted by Crippen LogP contribution is -2.40. The molecule has 1 N–H and O–H groups in total. The van der Waals surface area contributed by atoms with Crippen LogP contribution >= 0.6 is 0 Å². The number of hydrogen-bond donors (Lipinski definition) is 1. The van der Waals surface area contributed by atoms with E-state index in [1.807, 2.05) is 31.2 Å². The minimum absolute atomic E-state index is 0.0447. The molecule has 3 aromatic heterocycles. The molecule has 0 atom stereocenters. The van der Waals surface area contributed by atoms with Gasteiger partial charge in [-0.3, -0.25) is 9.78 Å². The summed E-state index contributed by atoms with van der Waals surface area (Å²) in [6.07, 6.45) is 5.14. The van der Waals surface area contributed by atoms with Gasteiger partial charge >= 0.3 is 0 Å². The summed E-state index contributed by atoms with van der Waals surface area (Å²) in [5.41, 5.74) is 1.76. The number of piperidine rings is 1. The van der Waals surface area contributed by atoms with Gasteiger partial charge < -0.3 is 10.2 Å². The van der Waals surface area contributed by atoms with E-state index < -0.39 is 0 Å². The van der Waals surface area contributed by atoms with Crippen molar-refractivity contribution in [2.75, 3.05) is 18.0 Å². The van der Waals surface area contributed by atoms with Crippen molar-refractivity contribution in [3.8, 4) is 0 Å². The molecule has 1 amide bonds. The Morgan fingerprint density at radius 1 is 1.23 bits per heavy atom. The fourth-order valence-electron chi connectivity index (χ4n) is 3.26. The molecular weight excluding hydrogens is 330 g/mol. The maximum absolute atomic E-state index is 12.4. The average molecular weight is 351 g/mol. The normalized spacial score (nSPS) is 15.3. The first-order chi connectivity index (χ1) is 12.7. The second-order valence-corrected chi connectivity index (χ2v) is 6.55. The third-order valence-electron chi connectivity index (χ3n) is 4.78. The van der Waals surface area contributed by atoms with Gasteiger partial charge in [0.15, 0.2) is 11.5 Å². The van der Waals surface area contributed by atoms with Crippen LogP contribution in [0.5, 0.6) is 0 Å². The summed E-state index contributed by atoms with van der Waals surface area (Å²) in [4.78, 5) is 18.7. The number of nitrogens with one attached hydrogen (secondary N) is 1. The van der Waals surface area contributed by atoms with E-state index in [-0.39, 0.29) is 11.8 Å². The number of aromatic nitrogens is 5. The van der Waals surface area contributed by atoms with Crippen LogP contribution in [-0.2, 0) is 11.3 Å². The zero-order valence-corrected chi connectivity index (χ0v) is 14.7. The minimum Gasteiger partial charge on any atom is -0.355 e. The highest BCUT2D eigenvalue weighted by Gasteiger charge is 2.25. The standard InChI is InChI=1S/C18H21N7O/c1-13-21-22-16-4-5-17(23-25(13)16)24-9-6-15(7-10-24)18(26)20-12-14-3-2-8-19-11-14/h2-5,8,11,15H,6-7,9-10,12H2,1H3,(H,20,26). The molecule has 4 heterocycles. The van der Waals surface area contributed by atoms with Crippen LogP contribution in [0.1, 0.15) is 24.2 Å². The van der Waals surface area contributed by atoms with Crippen molar-refractivity contribution in [1.82, 2.24) is 30.1 Å². The summed E-state index contributed by atoms with van der Waals surface area (Å²) < 4.78 is 1.75. The summed E-state index contributed by atoms with van der Waals surface area (Å²) in [5.74, 6) is 1.83. The van der Waals surface area contributed by atoms with Crippen molar-refractivity contribution in [2.24, 2.45) is 5.92 Å². The van der Waals surface area contributed by atoms with Gasteiger partial charge in [0.1, 0.15) is 5.82 Å². The van der Waals surface area contributed by atoms with E-state index in [4.69, 9.17) is 0 Å². The Morgan fingerprint density at radius 3 is 2.85 bits per heavy atom. The number of aryl methyl sites for hydroxylation is 1. The number of anilines is 1. The first-order valence-corrected chi connectivity index (χ1v) is 8.81. The van der Waals surface area contributed by atoms with Gasteiger partial charge in [-0.15, -0.1) is 15.3 Å². The molecule has 4 rings (SSSR count). The third-order valence-corrected chi connectivity index (χ3v) is 4.78. The SMILES string of the molecule is Cc1nnc2ccc(N3CCC(C(=O)NCc4cccnc4)CC3)nn12. The van der Waals surface area contributed by atoms with Gasteiger partial charge in [0.2, 0.25) is 5.91 Å². The van der Waals surface area contributed by atoms with Gasteiger partial charge in [-0.05, 0) is 43.5 Å².